The summed E-state index contributed by atoms with van der Waals surface area (Å²) < 4.78 is 39.8. The molecule has 3 aromatic rings. The van der Waals surface area contributed by atoms with Crippen LogP contribution in [0.5, 0.6) is 11.5 Å². The fraction of sp³-hybridized carbons (Fsp3) is 0.211. The second-order valence-corrected chi connectivity index (χ2v) is 6.42. The molecule has 10 heteroatoms. The molecule has 1 aliphatic heterocycles. The lowest BCUT2D eigenvalue weighted by molar-refractivity contribution is 0.111. The highest BCUT2D eigenvalue weighted by Crippen LogP contribution is 2.41. The number of carbonyl (C=O) groups excluding carboxylic acids is 2. The van der Waals surface area contributed by atoms with Gasteiger partial charge in [-0.05, 0) is 6.07 Å². The summed E-state index contributed by atoms with van der Waals surface area (Å²) in [5.41, 5.74) is 1.22. The fourth-order valence-corrected chi connectivity index (χ4v) is 3.50. The first-order valence-corrected chi connectivity index (χ1v) is 8.52. The van der Waals surface area contributed by atoms with E-state index in [0.717, 1.165) is 11.0 Å². The van der Waals surface area contributed by atoms with Crippen molar-refractivity contribution in [2.75, 3.05) is 31.1 Å². The lowest BCUT2D eigenvalue weighted by Gasteiger charge is -2.35. The third kappa shape index (κ3) is 2.67. The summed E-state index contributed by atoms with van der Waals surface area (Å²) in [6, 6.07) is 1.99. The van der Waals surface area contributed by atoms with Crippen LogP contribution in [0.3, 0.4) is 0 Å². The van der Waals surface area contributed by atoms with Gasteiger partial charge in [-0.1, -0.05) is 0 Å². The first-order valence-electron chi connectivity index (χ1n) is 8.52. The van der Waals surface area contributed by atoms with Crippen molar-refractivity contribution in [3.8, 4) is 11.5 Å². The van der Waals surface area contributed by atoms with Gasteiger partial charge in [-0.15, -0.1) is 0 Å². The number of nitrogens with zero attached hydrogens (tertiary/aromatic N) is 3. The number of H-pyrrole nitrogens is 1. The van der Waals surface area contributed by atoms with Crippen LogP contribution in [0, 0.1) is 11.6 Å². The van der Waals surface area contributed by atoms with Crippen LogP contribution in [-0.4, -0.2) is 43.6 Å². The van der Waals surface area contributed by atoms with E-state index in [1.807, 2.05) is 0 Å². The predicted molar refractivity (Wildman–Crippen MR) is 101 cm³/mol. The lowest BCUT2D eigenvalue weighted by Crippen LogP contribution is -2.46. The van der Waals surface area contributed by atoms with E-state index in [-0.39, 0.29) is 18.0 Å². The van der Waals surface area contributed by atoms with E-state index >= 15 is 0 Å². The Labute approximate surface area is 163 Å². The largest absolute Gasteiger partial charge is 0.493 e. The maximum Gasteiger partial charge on any atom is 0.329 e. The maximum atomic E-state index is 14.9. The molecule has 0 fully saturated rings. The number of amides is 2. The molecule has 0 bridgehead atoms. The van der Waals surface area contributed by atoms with Crippen molar-refractivity contribution in [1.82, 2.24) is 9.97 Å². The number of halogens is 2. The Morgan fingerprint density at radius 1 is 1.14 bits per heavy atom. The highest BCUT2D eigenvalue weighted by atomic mass is 19.1. The number of benzene rings is 1. The fourth-order valence-electron chi connectivity index (χ4n) is 3.50. The monoisotopic (exact) mass is 402 g/mol. The molecule has 3 heterocycles. The van der Waals surface area contributed by atoms with Crippen molar-refractivity contribution in [3.05, 3.63) is 41.2 Å². The topological polar surface area (TPSA) is 87.8 Å². The van der Waals surface area contributed by atoms with Crippen molar-refractivity contribution in [1.29, 1.82) is 0 Å². The Balaban J connectivity index is 1.90. The maximum absolute atomic E-state index is 14.9. The number of hydrogen-bond acceptors (Lipinski definition) is 5. The van der Waals surface area contributed by atoms with Gasteiger partial charge >= 0.3 is 6.03 Å². The van der Waals surface area contributed by atoms with Crippen molar-refractivity contribution in [3.63, 3.8) is 0 Å². The number of nitrogens with one attached hydrogen (secondary N) is 1. The van der Waals surface area contributed by atoms with Crippen LogP contribution in [0.2, 0.25) is 0 Å². The van der Waals surface area contributed by atoms with Gasteiger partial charge in [-0.25, -0.2) is 18.6 Å². The minimum absolute atomic E-state index is 0.132. The first kappa shape index (κ1) is 18.7. The number of pyridine rings is 1. The summed E-state index contributed by atoms with van der Waals surface area (Å²) in [5.74, 6) is -2.55. The van der Waals surface area contributed by atoms with Gasteiger partial charge in [0.1, 0.15) is 11.3 Å². The second kappa shape index (κ2) is 6.73. The third-order valence-electron chi connectivity index (χ3n) is 4.86. The predicted octanol–water partition coefficient (Wildman–Crippen LogP) is 3.25. The summed E-state index contributed by atoms with van der Waals surface area (Å²) in [5, 5.41) is 0.560. The van der Waals surface area contributed by atoms with Crippen LogP contribution < -0.4 is 19.3 Å². The molecule has 0 saturated heterocycles. The van der Waals surface area contributed by atoms with E-state index in [1.54, 1.807) is 6.07 Å². The van der Waals surface area contributed by atoms with Gasteiger partial charge in [0.05, 0.1) is 32.1 Å². The van der Waals surface area contributed by atoms with Crippen LogP contribution in [0.15, 0.2) is 18.3 Å². The average Bonchev–Trinajstić information content (AvgIpc) is 3.15. The molecule has 1 aromatic carbocycles. The molecular formula is C19H16F2N4O4. The number of aromatic amines is 1. The molecular weight excluding hydrogens is 386 g/mol. The van der Waals surface area contributed by atoms with Gasteiger partial charge in [0.25, 0.3) is 0 Å². The van der Waals surface area contributed by atoms with Gasteiger partial charge in [-0.2, -0.15) is 0 Å². The van der Waals surface area contributed by atoms with Gasteiger partial charge in [0.15, 0.2) is 29.4 Å². The Kier molecular flexibility index (Phi) is 4.33. The number of methoxy groups -OCH3 is 2. The van der Waals surface area contributed by atoms with Crippen molar-refractivity contribution < 1.29 is 27.8 Å². The van der Waals surface area contributed by atoms with Gasteiger partial charge in [0, 0.05) is 30.3 Å². The van der Waals surface area contributed by atoms with Crippen molar-refractivity contribution in [2.24, 2.45) is 0 Å². The average molecular weight is 402 g/mol. The van der Waals surface area contributed by atoms with E-state index in [9.17, 15) is 18.4 Å². The molecule has 150 valence electrons. The van der Waals surface area contributed by atoms with Crippen LogP contribution in [0.25, 0.3) is 11.0 Å². The van der Waals surface area contributed by atoms with Crippen LogP contribution in [0.1, 0.15) is 16.1 Å². The summed E-state index contributed by atoms with van der Waals surface area (Å²) >= 11 is 0. The minimum atomic E-state index is -1.02. The molecule has 2 amide bonds. The Morgan fingerprint density at radius 3 is 2.38 bits per heavy atom. The zero-order valence-corrected chi connectivity index (χ0v) is 15.7. The number of aldehydes is 1. The van der Waals surface area contributed by atoms with Gasteiger partial charge < -0.3 is 14.5 Å². The number of aromatic nitrogens is 2. The smallest absolute Gasteiger partial charge is 0.329 e. The lowest BCUT2D eigenvalue weighted by atomic mass is 10.1. The molecule has 1 N–H and O–H groups in total. The van der Waals surface area contributed by atoms with E-state index in [2.05, 4.69) is 9.97 Å². The highest BCUT2D eigenvalue weighted by Gasteiger charge is 2.36. The molecule has 0 unspecified atom stereocenters. The molecule has 1 aliphatic rings. The van der Waals surface area contributed by atoms with E-state index in [4.69, 9.17) is 9.47 Å². The van der Waals surface area contributed by atoms with Crippen LogP contribution >= 0.6 is 0 Å². The number of fused-ring (bicyclic) bond motifs is 3. The molecule has 0 atom stereocenters. The zero-order valence-electron chi connectivity index (χ0n) is 15.7. The minimum Gasteiger partial charge on any atom is -0.493 e. The summed E-state index contributed by atoms with van der Waals surface area (Å²) in [7, 11) is 3.94. The summed E-state index contributed by atoms with van der Waals surface area (Å²) in [6.45, 7) is -0.132. The van der Waals surface area contributed by atoms with Crippen molar-refractivity contribution in [2.45, 2.75) is 6.54 Å². The number of hydrogen-bond donors (Lipinski definition) is 1. The third-order valence-corrected chi connectivity index (χ3v) is 4.86. The number of ether oxygens (including phenoxy) is 2. The Hall–Kier alpha value is -3.69. The molecule has 4 rings (SSSR count). The SMILES string of the molecule is COc1cc(OC)c(F)c(N2Cc3cnc4[nH]c(C=O)cc4c3N(C)C2=O)c1F. The molecule has 2 aromatic heterocycles. The molecule has 29 heavy (non-hydrogen) atoms. The van der Waals surface area contributed by atoms with Crippen LogP contribution in [-0.2, 0) is 6.54 Å². The number of urea groups is 1. The van der Waals surface area contributed by atoms with Gasteiger partial charge in [0.2, 0.25) is 0 Å². The Morgan fingerprint density at radius 2 is 1.79 bits per heavy atom. The number of carbonyl (C=O) groups is 2. The molecule has 0 spiro atoms. The Bertz CT molecular complexity index is 1130. The van der Waals surface area contributed by atoms with E-state index in [0.29, 0.717) is 34.3 Å². The quantitative estimate of drug-likeness (QED) is 0.677. The van der Waals surface area contributed by atoms with E-state index in [1.165, 1.54) is 32.4 Å². The normalized spacial score (nSPS) is 13.6. The summed E-state index contributed by atoms with van der Waals surface area (Å²) in [6.07, 6.45) is 2.13. The standard InChI is InChI=1S/C19H16F2N4O4/c1-24-16-9(6-22-18-11(16)4-10(8-26)23-18)7-25(19(24)27)17-14(20)12(28-2)5-13(29-3)15(17)21/h4-6,8H,7H2,1-3H3,(H,22,23). The highest BCUT2D eigenvalue weighted by molar-refractivity contribution is 6.11. The number of rotatable bonds is 4. The van der Waals surface area contributed by atoms with Crippen molar-refractivity contribution >= 4 is 34.7 Å². The number of anilines is 2. The van der Waals surface area contributed by atoms with Crippen LogP contribution in [0.4, 0.5) is 25.0 Å². The zero-order chi connectivity index (χ0) is 20.9. The first-order chi connectivity index (χ1) is 13.9. The van der Waals surface area contributed by atoms with Gasteiger partial charge in [-0.3, -0.25) is 14.6 Å². The second-order valence-electron chi connectivity index (χ2n) is 6.42. The molecule has 0 saturated carbocycles. The molecule has 0 aliphatic carbocycles. The molecule has 0 radical (unpaired) electrons. The summed E-state index contributed by atoms with van der Waals surface area (Å²) in [4.78, 5) is 33.4. The molecule has 8 nitrogen and oxygen atoms in total. The van der Waals surface area contributed by atoms with E-state index < -0.39 is 23.4 Å².